The van der Waals surface area contributed by atoms with Gasteiger partial charge in [-0.05, 0) is 26.0 Å². The van der Waals surface area contributed by atoms with Gasteiger partial charge in [-0.15, -0.1) is 0 Å². The molecule has 1 saturated heterocycles. The van der Waals surface area contributed by atoms with E-state index in [9.17, 15) is 24.0 Å². The average molecular weight is 386 g/mol. The first-order chi connectivity index (χ1) is 13.0. The van der Waals surface area contributed by atoms with Crippen molar-refractivity contribution in [3.63, 3.8) is 0 Å². The number of hydrogen-bond donors (Lipinski definition) is 0. The highest BCUT2D eigenvalue weighted by molar-refractivity contribution is 6.28. The summed E-state index contributed by atoms with van der Waals surface area (Å²) >= 11 is 0. The van der Waals surface area contributed by atoms with Gasteiger partial charge in [0, 0.05) is 33.9 Å². The van der Waals surface area contributed by atoms with Gasteiger partial charge >= 0.3 is 11.7 Å². The summed E-state index contributed by atoms with van der Waals surface area (Å²) in [5.41, 5.74) is 0.586. The molecule has 2 rings (SSSR count). The van der Waals surface area contributed by atoms with Crippen molar-refractivity contribution in [2.24, 2.45) is 14.1 Å². The summed E-state index contributed by atoms with van der Waals surface area (Å²) in [4.78, 5) is 62.0. The SMILES string of the molecule is CC(/C=C/c1c(C)n(C)c(=O)n(C)c1=O)=C\C=C1C(=O)N(C)C(=O)N(C)C1=O. The van der Waals surface area contributed by atoms with Crippen LogP contribution in [0.2, 0.25) is 0 Å². The molecule has 4 amide bonds. The number of rotatable bonds is 3. The Labute approximate surface area is 161 Å². The summed E-state index contributed by atoms with van der Waals surface area (Å²) in [5.74, 6) is -1.35. The highest BCUT2D eigenvalue weighted by atomic mass is 16.2. The lowest BCUT2D eigenvalue weighted by molar-refractivity contribution is -0.134. The Kier molecular flexibility index (Phi) is 5.67. The van der Waals surface area contributed by atoms with E-state index in [4.69, 9.17) is 0 Å². The van der Waals surface area contributed by atoms with Crippen molar-refractivity contribution in [3.05, 3.63) is 61.5 Å². The molecule has 1 aliphatic rings. The maximum atomic E-state index is 12.3. The lowest BCUT2D eigenvalue weighted by atomic mass is 10.1. The standard InChI is InChI=1S/C19H22N4O5/c1-11(7-9-13-12(2)20(3)18(27)21(4)15(13)24)8-10-14-16(25)22(5)19(28)23(6)17(14)26/h7-10H,1-6H3/b9-7+,11-8+. The fourth-order valence-corrected chi connectivity index (χ4v) is 2.64. The molecule has 0 spiro atoms. The number of barbiturate groups is 1. The molecule has 1 aromatic rings. The first kappa shape index (κ1) is 20.8. The molecule has 28 heavy (non-hydrogen) atoms. The Bertz CT molecular complexity index is 1060. The summed E-state index contributed by atoms with van der Waals surface area (Å²) in [6.07, 6.45) is 6.10. The van der Waals surface area contributed by atoms with Crippen LogP contribution in [0.1, 0.15) is 18.2 Å². The maximum Gasteiger partial charge on any atom is 0.333 e. The second kappa shape index (κ2) is 7.63. The number of hydrogen-bond acceptors (Lipinski definition) is 5. The molecule has 0 saturated carbocycles. The van der Waals surface area contributed by atoms with Crippen molar-refractivity contribution in [2.75, 3.05) is 14.1 Å². The van der Waals surface area contributed by atoms with Gasteiger partial charge in [0.15, 0.2) is 0 Å². The van der Waals surface area contributed by atoms with Gasteiger partial charge in [0.25, 0.3) is 17.4 Å². The summed E-state index contributed by atoms with van der Waals surface area (Å²) < 4.78 is 2.40. The van der Waals surface area contributed by atoms with E-state index in [1.54, 1.807) is 39.1 Å². The van der Waals surface area contributed by atoms with E-state index in [2.05, 4.69) is 0 Å². The number of aromatic nitrogens is 2. The van der Waals surface area contributed by atoms with Gasteiger partial charge < -0.3 is 4.57 Å². The van der Waals surface area contributed by atoms with Gasteiger partial charge in [0.05, 0.1) is 5.56 Å². The molecule has 1 aromatic heterocycles. The van der Waals surface area contributed by atoms with Crippen LogP contribution in [0.4, 0.5) is 4.79 Å². The molecule has 1 aliphatic heterocycles. The Morgan fingerprint density at radius 2 is 1.39 bits per heavy atom. The zero-order valence-electron chi connectivity index (χ0n) is 16.6. The van der Waals surface area contributed by atoms with Crippen LogP contribution in [0.5, 0.6) is 0 Å². The molecule has 1 fully saturated rings. The molecule has 148 valence electrons. The summed E-state index contributed by atoms with van der Waals surface area (Å²) in [6, 6.07) is -0.686. The third kappa shape index (κ3) is 3.51. The second-order valence-electron chi connectivity index (χ2n) is 6.54. The van der Waals surface area contributed by atoms with Crippen LogP contribution in [-0.4, -0.2) is 50.9 Å². The second-order valence-corrected chi connectivity index (χ2v) is 6.54. The fraction of sp³-hybridized carbons (Fsp3) is 0.316. The number of amides is 4. The first-order valence-electron chi connectivity index (χ1n) is 8.42. The van der Waals surface area contributed by atoms with Crippen molar-refractivity contribution in [2.45, 2.75) is 13.8 Å². The van der Waals surface area contributed by atoms with Crippen LogP contribution in [-0.2, 0) is 23.7 Å². The fourth-order valence-electron chi connectivity index (χ4n) is 2.64. The minimum Gasteiger partial charge on any atom is -0.300 e. The molecule has 0 unspecified atom stereocenters. The van der Waals surface area contributed by atoms with Gasteiger partial charge in [-0.3, -0.25) is 28.8 Å². The summed E-state index contributed by atoms with van der Waals surface area (Å²) in [6.45, 7) is 3.40. The van der Waals surface area contributed by atoms with Crippen LogP contribution >= 0.6 is 0 Å². The van der Waals surface area contributed by atoms with Crippen LogP contribution in [0.25, 0.3) is 6.08 Å². The maximum absolute atomic E-state index is 12.3. The normalized spacial score (nSPS) is 15.9. The topological polar surface area (TPSA) is 102 Å². The third-order valence-corrected chi connectivity index (χ3v) is 4.67. The zero-order valence-corrected chi connectivity index (χ0v) is 16.6. The van der Waals surface area contributed by atoms with E-state index in [0.717, 1.165) is 14.4 Å². The predicted octanol–water partition coefficient (Wildman–Crippen LogP) is 0.329. The summed E-state index contributed by atoms with van der Waals surface area (Å²) in [7, 11) is 5.59. The van der Waals surface area contributed by atoms with Crippen LogP contribution < -0.4 is 11.2 Å². The Morgan fingerprint density at radius 1 is 0.857 bits per heavy atom. The monoisotopic (exact) mass is 386 g/mol. The number of imide groups is 2. The molecule has 2 heterocycles. The lowest BCUT2D eigenvalue weighted by Crippen LogP contribution is -2.52. The van der Waals surface area contributed by atoms with E-state index in [0.29, 0.717) is 16.8 Å². The highest BCUT2D eigenvalue weighted by Gasteiger charge is 2.37. The third-order valence-electron chi connectivity index (χ3n) is 4.67. The minimum absolute atomic E-state index is 0.133. The highest BCUT2D eigenvalue weighted by Crippen LogP contribution is 2.15. The molecule has 9 nitrogen and oxygen atoms in total. The smallest absolute Gasteiger partial charge is 0.300 e. The van der Waals surface area contributed by atoms with Crippen molar-refractivity contribution in [1.82, 2.24) is 18.9 Å². The number of likely N-dealkylation sites (N-methyl/N-ethyl adjacent to an activating group) is 2. The predicted molar refractivity (Wildman–Crippen MR) is 103 cm³/mol. The van der Waals surface area contributed by atoms with E-state index < -0.39 is 29.1 Å². The minimum atomic E-state index is -0.686. The van der Waals surface area contributed by atoms with Gasteiger partial charge in [-0.1, -0.05) is 17.7 Å². The molecule has 0 radical (unpaired) electrons. The number of nitrogens with zero attached hydrogens (tertiary/aromatic N) is 4. The Balaban J connectivity index is 2.38. The molecular formula is C19H22N4O5. The largest absolute Gasteiger partial charge is 0.333 e. The van der Waals surface area contributed by atoms with Crippen LogP contribution in [0.15, 0.2) is 39.0 Å². The van der Waals surface area contributed by atoms with Crippen LogP contribution in [0.3, 0.4) is 0 Å². The first-order valence-corrected chi connectivity index (χ1v) is 8.42. The molecule has 0 bridgehead atoms. The Morgan fingerprint density at radius 3 is 1.93 bits per heavy atom. The van der Waals surface area contributed by atoms with E-state index in [1.165, 1.54) is 31.8 Å². The van der Waals surface area contributed by atoms with Gasteiger partial charge in [0.1, 0.15) is 5.57 Å². The average Bonchev–Trinajstić information content (AvgIpc) is 2.67. The van der Waals surface area contributed by atoms with Crippen molar-refractivity contribution in [3.8, 4) is 0 Å². The Hall–Kier alpha value is -3.49. The van der Waals surface area contributed by atoms with Gasteiger partial charge in [-0.2, -0.15) is 0 Å². The van der Waals surface area contributed by atoms with Crippen molar-refractivity contribution >= 4 is 23.9 Å². The lowest BCUT2D eigenvalue weighted by Gasteiger charge is -2.28. The summed E-state index contributed by atoms with van der Waals surface area (Å²) in [5, 5.41) is 0. The van der Waals surface area contributed by atoms with Gasteiger partial charge in [0.2, 0.25) is 0 Å². The number of carbonyl (C=O) groups is 3. The van der Waals surface area contributed by atoms with E-state index >= 15 is 0 Å². The number of carbonyl (C=O) groups excluding carboxylic acids is 3. The molecule has 0 aromatic carbocycles. The molecule has 0 N–H and O–H groups in total. The van der Waals surface area contributed by atoms with Crippen molar-refractivity contribution < 1.29 is 14.4 Å². The molecule has 0 atom stereocenters. The van der Waals surface area contributed by atoms with Crippen LogP contribution in [0, 0.1) is 6.92 Å². The molecule has 9 heteroatoms. The molecular weight excluding hydrogens is 364 g/mol. The van der Waals surface area contributed by atoms with Gasteiger partial charge in [-0.25, -0.2) is 9.59 Å². The number of urea groups is 1. The zero-order chi connectivity index (χ0) is 21.3. The molecule has 0 aliphatic carbocycles. The van der Waals surface area contributed by atoms with Crippen molar-refractivity contribution in [1.29, 1.82) is 0 Å². The van der Waals surface area contributed by atoms with E-state index in [-0.39, 0.29) is 5.57 Å². The number of allylic oxidation sites excluding steroid dienone is 4. The quantitative estimate of drug-likeness (QED) is 0.423. The van der Waals surface area contributed by atoms with E-state index in [1.807, 2.05) is 0 Å².